The van der Waals surface area contributed by atoms with E-state index < -0.39 is 17.9 Å². The lowest BCUT2D eigenvalue weighted by molar-refractivity contribution is -0.152. The molecule has 1 saturated heterocycles. The molecule has 13 heavy (non-hydrogen) atoms. The fourth-order valence-corrected chi connectivity index (χ4v) is 2.37. The molecule has 0 saturated carbocycles. The molecule has 0 N–H and O–H groups in total. The van der Waals surface area contributed by atoms with Gasteiger partial charge in [-0.1, -0.05) is 11.6 Å². The average molecular weight is 217 g/mol. The number of hydrogen-bond acceptors (Lipinski definition) is 4. The first-order valence-corrected chi connectivity index (χ1v) is 4.91. The molecule has 2 rings (SSSR count). The Morgan fingerprint density at radius 2 is 2.31 bits per heavy atom. The molecule has 0 radical (unpaired) electrons. The lowest BCUT2D eigenvalue weighted by Crippen LogP contribution is -2.03. The first-order valence-electron chi connectivity index (χ1n) is 3.65. The number of ether oxygens (including phenoxy) is 1. The van der Waals surface area contributed by atoms with Crippen molar-refractivity contribution in [1.29, 1.82) is 0 Å². The standard InChI is InChI=1S/C8H5ClO3S/c9-4-1-6(13-3-4)5-2-7(10)12-8(5)11/h1,3,5H,2H2. The Bertz CT molecular complexity index is 371. The van der Waals surface area contributed by atoms with Crippen LogP contribution in [0.1, 0.15) is 17.2 Å². The number of cyclic esters (lactones) is 2. The van der Waals surface area contributed by atoms with Crippen molar-refractivity contribution in [2.75, 3.05) is 0 Å². The monoisotopic (exact) mass is 216 g/mol. The quantitative estimate of drug-likeness (QED) is 0.533. The van der Waals surface area contributed by atoms with Crippen LogP contribution in [-0.2, 0) is 14.3 Å². The maximum absolute atomic E-state index is 11.1. The van der Waals surface area contributed by atoms with Gasteiger partial charge in [-0.25, -0.2) is 0 Å². The second-order valence-electron chi connectivity index (χ2n) is 2.72. The molecule has 1 atom stereocenters. The molecule has 1 fully saturated rings. The second-order valence-corrected chi connectivity index (χ2v) is 4.10. The Morgan fingerprint density at radius 3 is 2.77 bits per heavy atom. The molecule has 0 amide bonds. The summed E-state index contributed by atoms with van der Waals surface area (Å²) < 4.78 is 4.42. The summed E-state index contributed by atoms with van der Waals surface area (Å²) in [5, 5.41) is 2.32. The molecule has 2 heterocycles. The Hall–Kier alpha value is -0.870. The summed E-state index contributed by atoms with van der Waals surface area (Å²) >= 11 is 7.06. The van der Waals surface area contributed by atoms with Gasteiger partial charge in [0.05, 0.1) is 11.4 Å². The molecule has 1 unspecified atom stereocenters. The Balaban J connectivity index is 2.27. The van der Waals surface area contributed by atoms with Gasteiger partial charge in [0, 0.05) is 10.3 Å². The maximum Gasteiger partial charge on any atom is 0.322 e. The zero-order chi connectivity index (χ0) is 9.42. The van der Waals surface area contributed by atoms with Crippen molar-refractivity contribution in [3.05, 3.63) is 21.3 Å². The predicted molar refractivity (Wildman–Crippen MR) is 47.8 cm³/mol. The van der Waals surface area contributed by atoms with Crippen molar-refractivity contribution in [3.63, 3.8) is 0 Å². The average Bonchev–Trinajstić information content (AvgIpc) is 2.58. The van der Waals surface area contributed by atoms with Gasteiger partial charge in [0.1, 0.15) is 5.92 Å². The van der Waals surface area contributed by atoms with Crippen LogP contribution >= 0.6 is 22.9 Å². The van der Waals surface area contributed by atoms with Crippen molar-refractivity contribution < 1.29 is 14.3 Å². The van der Waals surface area contributed by atoms with Crippen LogP contribution in [0.2, 0.25) is 5.02 Å². The second kappa shape index (κ2) is 3.12. The topological polar surface area (TPSA) is 43.4 Å². The van der Waals surface area contributed by atoms with Crippen LogP contribution in [0.15, 0.2) is 11.4 Å². The number of thiophene rings is 1. The summed E-state index contributed by atoms with van der Waals surface area (Å²) in [5.41, 5.74) is 0. The first kappa shape index (κ1) is 8.72. The van der Waals surface area contributed by atoms with Crippen LogP contribution in [0, 0.1) is 0 Å². The van der Waals surface area contributed by atoms with Crippen LogP contribution in [-0.4, -0.2) is 11.9 Å². The Labute approximate surface area is 83.3 Å². The van der Waals surface area contributed by atoms with Gasteiger partial charge in [0.15, 0.2) is 0 Å². The molecule has 0 aliphatic carbocycles. The molecule has 5 heteroatoms. The number of carbonyl (C=O) groups is 2. The summed E-state index contributed by atoms with van der Waals surface area (Å²) in [5.74, 6) is -1.37. The van der Waals surface area contributed by atoms with E-state index in [2.05, 4.69) is 4.74 Å². The van der Waals surface area contributed by atoms with Gasteiger partial charge in [0.25, 0.3) is 0 Å². The highest BCUT2D eigenvalue weighted by Crippen LogP contribution is 2.33. The zero-order valence-electron chi connectivity index (χ0n) is 6.45. The number of esters is 2. The van der Waals surface area contributed by atoms with Crippen LogP contribution in [0.4, 0.5) is 0 Å². The fourth-order valence-electron chi connectivity index (χ4n) is 1.20. The van der Waals surface area contributed by atoms with E-state index in [1.807, 2.05) is 0 Å². The Kier molecular flexibility index (Phi) is 2.09. The summed E-state index contributed by atoms with van der Waals surface area (Å²) in [6.07, 6.45) is 0.135. The molecule has 68 valence electrons. The van der Waals surface area contributed by atoms with E-state index >= 15 is 0 Å². The van der Waals surface area contributed by atoms with Crippen molar-refractivity contribution in [1.82, 2.24) is 0 Å². The largest absolute Gasteiger partial charge is 0.393 e. The summed E-state index contributed by atoms with van der Waals surface area (Å²) in [6.45, 7) is 0. The maximum atomic E-state index is 11.1. The number of hydrogen-bond donors (Lipinski definition) is 0. The van der Waals surface area contributed by atoms with Crippen molar-refractivity contribution >= 4 is 34.9 Å². The van der Waals surface area contributed by atoms with Gasteiger partial charge in [-0.05, 0) is 6.07 Å². The van der Waals surface area contributed by atoms with Gasteiger partial charge in [-0.15, -0.1) is 11.3 Å². The molecule has 1 aliphatic heterocycles. The van der Waals surface area contributed by atoms with E-state index in [4.69, 9.17) is 11.6 Å². The minimum Gasteiger partial charge on any atom is -0.393 e. The van der Waals surface area contributed by atoms with E-state index in [1.54, 1.807) is 11.4 Å². The molecular formula is C8H5ClO3S. The normalized spacial score (nSPS) is 22.1. The highest BCUT2D eigenvalue weighted by molar-refractivity contribution is 7.10. The van der Waals surface area contributed by atoms with E-state index in [1.165, 1.54) is 11.3 Å². The number of rotatable bonds is 1. The van der Waals surface area contributed by atoms with Gasteiger partial charge in [-0.2, -0.15) is 0 Å². The summed E-state index contributed by atoms with van der Waals surface area (Å²) in [4.78, 5) is 22.7. The van der Waals surface area contributed by atoms with Crippen LogP contribution < -0.4 is 0 Å². The molecule has 1 aliphatic rings. The molecule has 0 spiro atoms. The predicted octanol–water partition coefficient (Wildman–Crippen LogP) is 1.96. The van der Waals surface area contributed by atoms with E-state index in [0.29, 0.717) is 5.02 Å². The minimum absolute atomic E-state index is 0.135. The van der Waals surface area contributed by atoms with E-state index in [0.717, 1.165) is 4.88 Å². The molecule has 1 aromatic heterocycles. The van der Waals surface area contributed by atoms with Crippen LogP contribution in [0.3, 0.4) is 0 Å². The third-order valence-corrected chi connectivity index (χ3v) is 3.19. The lowest BCUT2D eigenvalue weighted by atomic mass is 10.1. The minimum atomic E-state index is -0.469. The smallest absolute Gasteiger partial charge is 0.322 e. The summed E-state index contributed by atoms with van der Waals surface area (Å²) in [7, 11) is 0. The van der Waals surface area contributed by atoms with Crippen molar-refractivity contribution in [2.24, 2.45) is 0 Å². The molecular weight excluding hydrogens is 212 g/mol. The third-order valence-electron chi connectivity index (χ3n) is 1.80. The van der Waals surface area contributed by atoms with Gasteiger partial charge in [0.2, 0.25) is 0 Å². The van der Waals surface area contributed by atoms with Crippen LogP contribution in [0.5, 0.6) is 0 Å². The van der Waals surface area contributed by atoms with Gasteiger partial charge in [-0.3, -0.25) is 9.59 Å². The molecule has 3 nitrogen and oxygen atoms in total. The molecule has 1 aromatic rings. The molecule has 0 aromatic carbocycles. The highest BCUT2D eigenvalue weighted by atomic mass is 35.5. The third kappa shape index (κ3) is 1.59. The van der Waals surface area contributed by atoms with E-state index in [-0.39, 0.29) is 6.42 Å². The highest BCUT2D eigenvalue weighted by Gasteiger charge is 2.35. The number of carbonyl (C=O) groups excluding carboxylic acids is 2. The lowest BCUT2D eigenvalue weighted by Gasteiger charge is -1.97. The Morgan fingerprint density at radius 1 is 1.54 bits per heavy atom. The SMILES string of the molecule is O=C1CC(c2cc(Cl)cs2)C(=O)O1. The van der Waals surface area contributed by atoms with Crippen molar-refractivity contribution in [3.8, 4) is 0 Å². The fraction of sp³-hybridized carbons (Fsp3) is 0.250. The van der Waals surface area contributed by atoms with Gasteiger partial charge >= 0.3 is 11.9 Å². The zero-order valence-corrected chi connectivity index (χ0v) is 8.02. The van der Waals surface area contributed by atoms with Gasteiger partial charge < -0.3 is 4.74 Å². The summed E-state index contributed by atoms with van der Waals surface area (Å²) in [6, 6.07) is 1.69. The first-order chi connectivity index (χ1) is 6.16. The van der Waals surface area contributed by atoms with Crippen LogP contribution in [0.25, 0.3) is 0 Å². The van der Waals surface area contributed by atoms with Crippen molar-refractivity contribution in [2.45, 2.75) is 12.3 Å². The number of halogens is 1. The molecule has 0 bridgehead atoms. The van der Waals surface area contributed by atoms with E-state index in [9.17, 15) is 9.59 Å².